The molecule has 1 aliphatic rings. The molecule has 0 radical (unpaired) electrons. The normalized spacial score (nSPS) is 49.7. The molecule has 1 aliphatic carbocycles. The minimum absolute atomic E-state index is 0.0370. The first-order valence-electron chi connectivity index (χ1n) is 8.35. The molecule has 0 aliphatic heterocycles. The summed E-state index contributed by atoms with van der Waals surface area (Å²) in [6.45, 7) is 0. The lowest BCUT2D eigenvalue weighted by atomic mass is 9.95. The molecule has 78 valence electrons. The quantitative estimate of drug-likeness (QED) is 0.566. The van der Waals surface area contributed by atoms with Crippen molar-refractivity contribution in [3.63, 3.8) is 0 Å². The standard InChI is InChI=1S/C13H14O2/c14-10-11-6-8-13(9-7-11)15-12-4-2-1-3-5-12/h1-6,8,10-11,13H,7,9H2/i7D2,8D,9D2,10D,11D,13D. The molecule has 15 heavy (non-hydrogen) atoms. The minimum atomic E-state index is -3.25. The van der Waals surface area contributed by atoms with Crippen molar-refractivity contribution in [2.45, 2.75) is 18.8 Å². The molecule has 0 saturated heterocycles. The SMILES string of the molecule is [2H]C(=O)C1([2H])C=C([2H])C([2H])(Oc2ccccc2)C([2H])([2H])C1([2H])[2H]. The summed E-state index contributed by atoms with van der Waals surface area (Å²) >= 11 is 0. The summed E-state index contributed by atoms with van der Waals surface area (Å²) < 4.78 is 67.8. The zero-order valence-electron chi connectivity index (χ0n) is 15.8. The highest BCUT2D eigenvalue weighted by atomic mass is 16.5. The lowest BCUT2D eigenvalue weighted by Gasteiger charge is -2.20. The highest BCUT2D eigenvalue weighted by Gasteiger charge is 2.15. The lowest BCUT2D eigenvalue weighted by molar-refractivity contribution is -0.110. The van der Waals surface area contributed by atoms with Crippen molar-refractivity contribution >= 4 is 6.26 Å². The van der Waals surface area contributed by atoms with Crippen molar-refractivity contribution in [1.82, 2.24) is 0 Å². The molecule has 2 unspecified atom stereocenters. The van der Waals surface area contributed by atoms with Crippen LogP contribution in [0.15, 0.2) is 42.5 Å². The third-order valence-electron chi connectivity index (χ3n) is 1.73. The van der Waals surface area contributed by atoms with Crippen LogP contribution in [0.25, 0.3) is 0 Å². The predicted molar refractivity (Wildman–Crippen MR) is 58.8 cm³/mol. The first-order chi connectivity index (χ1) is 10.4. The second kappa shape index (κ2) is 4.78. The van der Waals surface area contributed by atoms with E-state index in [1.807, 2.05) is 0 Å². The molecule has 1 aromatic carbocycles. The van der Waals surface area contributed by atoms with Crippen molar-refractivity contribution < 1.29 is 20.5 Å². The van der Waals surface area contributed by atoms with Gasteiger partial charge in [-0.1, -0.05) is 24.3 Å². The molecule has 1 aromatic rings. The maximum atomic E-state index is 11.4. The molecule has 0 N–H and O–H groups in total. The molecule has 0 amide bonds. The Hall–Kier alpha value is -1.57. The van der Waals surface area contributed by atoms with Crippen LogP contribution in [0.4, 0.5) is 0 Å². The molecule has 0 fully saturated rings. The third-order valence-corrected chi connectivity index (χ3v) is 1.73. The van der Waals surface area contributed by atoms with Crippen molar-refractivity contribution in [2.75, 3.05) is 0 Å². The summed E-state index contributed by atoms with van der Waals surface area (Å²) in [7, 11) is 0. The fourth-order valence-corrected chi connectivity index (χ4v) is 1.05. The zero-order chi connectivity index (χ0) is 17.7. The van der Waals surface area contributed by atoms with Gasteiger partial charge in [0.25, 0.3) is 0 Å². The highest BCUT2D eigenvalue weighted by Crippen LogP contribution is 2.20. The van der Waals surface area contributed by atoms with Gasteiger partial charge in [-0.3, -0.25) is 0 Å². The second-order valence-corrected chi connectivity index (χ2v) is 2.80. The maximum absolute atomic E-state index is 11.4. The van der Waals surface area contributed by atoms with Crippen LogP contribution >= 0.6 is 0 Å². The van der Waals surface area contributed by atoms with Gasteiger partial charge in [-0.25, -0.2) is 0 Å². The van der Waals surface area contributed by atoms with Crippen molar-refractivity contribution in [3.05, 3.63) is 42.5 Å². The van der Waals surface area contributed by atoms with Gasteiger partial charge in [0.2, 0.25) is 0 Å². The van der Waals surface area contributed by atoms with Gasteiger partial charge in [0.15, 0.2) is 0 Å². The number of aldehydes is 1. The number of rotatable bonds is 3. The smallest absolute Gasteiger partial charge is 0.126 e. The van der Waals surface area contributed by atoms with Crippen molar-refractivity contribution in [1.29, 1.82) is 0 Å². The topological polar surface area (TPSA) is 26.3 Å². The van der Waals surface area contributed by atoms with Gasteiger partial charge in [0, 0.05) is 12.7 Å². The van der Waals surface area contributed by atoms with Crippen molar-refractivity contribution in [2.24, 2.45) is 5.89 Å². The van der Waals surface area contributed by atoms with Crippen LogP contribution in [0, 0.1) is 5.89 Å². The fraction of sp³-hybridized carbons (Fsp3) is 0.308. The summed E-state index contributed by atoms with van der Waals surface area (Å²) in [5.41, 5.74) is 0. The molecule has 0 bridgehead atoms. The number of para-hydroxylation sites is 1. The van der Waals surface area contributed by atoms with Crippen molar-refractivity contribution in [3.8, 4) is 5.75 Å². The Bertz CT molecular complexity index is 659. The molecule has 2 heteroatoms. The summed E-state index contributed by atoms with van der Waals surface area (Å²) in [5, 5.41) is 0. The Morgan fingerprint density at radius 3 is 3.07 bits per heavy atom. The molecule has 0 heterocycles. The molecule has 2 nitrogen and oxygen atoms in total. The highest BCUT2D eigenvalue weighted by molar-refractivity contribution is 5.56. The van der Waals surface area contributed by atoms with Crippen LogP contribution in [0.3, 0.4) is 0 Å². The Balaban J connectivity index is 2.64. The Labute approximate surface area is 101 Å². The van der Waals surface area contributed by atoms with E-state index in [4.69, 9.17) is 15.7 Å². The third kappa shape index (κ3) is 2.69. The second-order valence-electron chi connectivity index (χ2n) is 2.80. The molecule has 2 atom stereocenters. The monoisotopic (exact) mass is 210 g/mol. The van der Waals surface area contributed by atoms with Crippen LogP contribution in [0.2, 0.25) is 0 Å². The van der Waals surface area contributed by atoms with E-state index >= 15 is 0 Å². The largest absolute Gasteiger partial charge is 0.486 e. The Morgan fingerprint density at radius 1 is 1.53 bits per heavy atom. The molecule has 0 spiro atoms. The van der Waals surface area contributed by atoms with Crippen LogP contribution < -0.4 is 4.74 Å². The van der Waals surface area contributed by atoms with E-state index in [0.29, 0.717) is 6.08 Å². The first-order valence-corrected chi connectivity index (χ1v) is 4.35. The summed E-state index contributed by atoms with van der Waals surface area (Å²) in [6.07, 6.45) is -10.5. The molecule has 2 rings (SSSR count). The van der Waals surface area contributed by atoms with E-state index < -0.39 is 37.0 Å². The average molecular weight is 210 g/mol. The van der Waals surface area contributed by atoms with Gasteiger partial charge in [0.05, 0.1) is 2.74 Å². The van der Waals surface area contributed by atoms with Crippen LogP contribution in [-0.4, -0.2) is 12.3 Å². The van der Waals surface area contributed by atoms with E-state index in [-0.39, 0.29) is 5.75 Å². The van der Waals surface area contributed by atoms with Gasteiger partial charge in [0.1, 0.15) is 19.5 Å². The van der Waals surface area contributed by atoms with Gasteiger partial charge in [-0.15, -0.1) is 0 Å². The predicted octanol–water partition coefficient (Wildman–Crippen LogP) is 2.60. The summed E-state index contributed by atoms with van der Waals surface area (Å²) in [6, 6.07) is 6.70. The fourth-order valence-electron chi connectivity index (χ4n) is 1.05. The van der Waals surface area contributed by atoms with E-state index in [2.05, 4.69) is 0 Å². The van der Waals surface area contributed by atoms with E-state index in [0.717, 1.165) is 0 Å². The summed E-state index contributed by atoms with van der Waals surface area (Å²) in [5.74, 6) is -2.90. The van der Waals surface area contributed by atoms with Gasteiger partial charge in [-0.05, 0) is 30.9 Å². The number of benzene rings is 1. The molecular formula is C13H14O2. The number of allylic oxidation sites excluding steroid dienone is 1. The number of carbonyl (C=O) groups excluding carboxylic acids is 1. The Morgan fingerprint density at radius 2 is 2.33 bits per heavy atom. The Kier molecular flexibility index (Phi) is 1.31. The zero-order valence-corrected chi connectivity index (χ0v) is 7.78. The van der Waals surface area contributed by atoms with Gasteiger partial charge < -0.3 is 9.53 Å². The number of hydrogen-bond donors (Lipinski definition) is 0. The average Bonchev–Trinajstić information content (AvgIpc) is 2.46. The van der Waals surface area contributed by atoms with Crippen LogP contribution in [0.5, 0.6) is 5.75 Å². The van der Waals surface area contributed by atoms with Crippen LogP contribution in [0.1, 0.15) is 23.7 Å². The van der Waals surface area contributed by atoms with Gasteiger partial charge >= 0.3 is 0 Å². The number of carbonyl (C=O) groups is 1. The number of hydrogen-bond acceptors (Lipinski definition) is 2. The van der Waals surface area contributed by atoms with Gasteiger partial charge in [-0.2, -0.15) is 0 Å². The molecule has 0 saturated carbocycles. The van der Waals surface area contributed by atoms with E-state index in [1.54, 1.807) is 18.2 Å². The minimum Gasteiger partial charge on any atom is -0.486 e. The molecule has 0 aromatic heterocycles. The lowest BCUT2D eigenvalue weighted by Crippen LogP contribution is -2.19. The van der Waals surface area contributed by atoms with E-state index in [9.17, 15) is 4.79 Å². The molecular weight excluding hydrogens is 188 g/mol. The van der Waals surface area contributed by atoms with Crippen LogP contribution in [-0.2, 0) is 4.79 Å². The number of ether oxygens (including phenoxy) is 1. The summed E-state index contributed by atoms with van der Waals surface area (Å²) in [4.78, 5) is 11.4. The van der Waals surface area contributed by atoms with E-state index in [1.165, 1.54) is 12.1 Å². The first kappa shape index (κ1) is 4.12. The maximum Gasteiger partial charge on any atom is 0.126 e.